The van der Waals surface area contributed by atoms with Gasteiger partial charge in [-0.05, 0) is 25.1 Å². The zero-order valence-electron chi connectivity index (χ0n) is 12.8. The van der Waals surface area contributed by atoms with Crippen molar-refractivity contribution >= 4 is 25.2 Å². The van der Waals surface area contributed by atoms with Crippen molar-refractivity contribution in [1.82, 2.24) is 14.8 Å². The van der Waals surface area contributed by atoms with E-state index in [9.17, 15) is 18.0 Å². The fourth-order valence-electron chi connectivity index (χ4n) is 2.55. The lowest BCUT2D eigenvalue weighted by molar-refractivity contribution is -0.139. The molecule has 2 aromatic heterocycles. The Bertz CT molecular complexity index is 763. The summed E-state index contributed by atoms with van der Waals surface area (Å²) in [5.41, 5.74) is -0.615. The summed E-state index contributed by atoms with van der Waals surface area (Å²) in [6.45, 7) is 2.12. The largest absolute Gasteiger partial charge is 0.481 e. The Balaban J connectivity index is 0.00000208. The van der Waals surface area contributed by atoms with Crippen LogP contribution in [0, 0.1) is 0 Å². The number of anilines is 1. The van der Waals surface area contributed by atoms with Crippen LogP contribution in [0.5, 0.6) is 5.88 Å². The van der Waals surface area contributed by atoms with E-state index in [2.05, 4.69) is 10.1 Å². The van der Waals surface area contributed by atoms with Crippen LogP contribution < -0.4 is 9.64 Å². The second-order valence-electron chi connectivity index (χ2n) is 5.15. The van der Waals surface area contributed by atoms with Gasteiger partial charge in [0.2, 0.25) is 5.88 Å². The lowest BCUT2D eigenvalue weighted by atomic mass is 10.2. The Morgan fingerprint density at radius 1 is 1.29 bits per heavy atom. The molecule has 1 amide bonds. The van der Waals surface area contributed by atoms with E-state index >= 15 is 0 Å². The number of fused-ring (bicyclic) bond motifs is 1. The number of halogens is 3. The van der Waals surface area contributed by atoms with E-state index in [1.807, 2.05) is 6.92 Å². The van der Waals surface area contributed by atoms with Crippen LogP contribution in [0.4, 0.5) is 19.0 Å². The fraction of sp³-hybridized carbons (Fsp3) is 0.357. The first-order valence-electron chi connectivity index (χ1n) is 6.80. The SMILES string of the molecule is COc1nc(N2C[C@H](C)n3nccc3C2=O)ccc1C(F)(F)F.S. The number of alkyl halides is 3. The van der Waals surface area contributed by atoms with Crippen LogP contribution >= 0.6 is 13.5 Å². The van der Waals surface area contributed by atoms with Crippen molar-refractivity contribution in [2.24, 2.45) is 0 Å². The summed E-state index contributed by atoms with van der Waals surface area (Å²) < 4.78 is 45.0. The Labute approximate surface area is 142 Å². The first-order chi connectivity index (χ1) is 10.8. The maximum absolute atomic E-state index is 12.9. The fourth-order valence-corrected chi connectivity index (χ4v) is 2.55. The number of ether oxygens (including phenoxy) is 1. The minimum absolute atomic E-state index is 0. The van der Waals surface area contributed by atoms with Crippen molar-refractivity contribution < 1.29 is 22.7 Å². The predicted octanol–water partition coefficient (Wildman–Crippen LogP) is 2.64. The number of rotatable bonds is 2. The summed E-state index contributed by atoms with van der Waals surface area (Å²) in [5.74, 6) is -0.816. The van der Waals surface area contributed by atoms with Crippen molar-refractivity contribution in [3.63, 3.8) is 0 Å². The molecule has 3 rings (SSSR count). The highest BCUT2D eigenvalue weighted by molar-refractivity contribution is 7.59. The maximum atomic E-state index is 12.9. The minimum Gasteiger partial charge on any atom is -0.481 e. The Morgan fingerprint density at radius 2 is 2.00 bits per heavy atom. The van der Waals surface area contributed by atoms with Gasteiger partial charge in [0.05, 0.1) is 13.2 Å². The van der Waals surface area contributed by atoms with E-state index in [4.69, 9.17) is 4.74 Å². The Kier molecular flexibility index (Phi) is 4.79. The molecule has 0 saturated carbocycles. The summed E-state index contributed by atoms with van der Waals surface area (Å²) in [5, 5.41) is 4.07. The Morgan fingerprint density at radius 3 is 2.62 bits per heavy atom. The molecule has 0 fully saturated rings. The molecule has 1 atom stereocenters. The number of aromatic nitrogens is 3. The van der Waals surface area contributed by atoms with E-state index in [-0.39, 0.29) is 37.8 Å². The predicted molar refractivity (Wildman–Crippen MR) is 84.8 cm³/mol. The second kappa shape index (κ2) is 6.34. The summed E-state index contributed by atoms with van der Waals surface area (Å²) in [6, 6.07) is 3.48. The quantitative estimate of drug-likeness (QED) is 0.826. The smallest absolute Gasteiger partial charge is 0.421 e. The van der Waals surface area contributed by atoms with Crippen LogP contribution in [0.25, 0.3) is 0 Å². The number of carbonyl (C=O) groups excluding carboxylic acids is 1. The number of pyridine rings is 1. The topological polar surface area (TPSA) is 60.2 Å². The average Bonchev–Trinajstić information content (AvgIpc) is 2.99. The molecule has 0 unspecified atom stereocenters. The third kappa shape index (κ3) is 2.93. The molecule has 1 aliphatic heterocycles. The van der Waals surface area contributed by atoms with Gasteiger partial charge in [-0.25, -0.2) is 0 Å². The van der Waals surface area contributed by atoms with Crippen molar-refractivity contribution in [2.45, 2.75) is 19.1 Å². The molecule has 0 saturated heterocycles. The molecular formula is C14H15F3N4O2S. The summed E-state index contributed by atoms with van der Waals surface area (Å²) in [7, 11) is 1.11. The van der Waals surface area contributed by atoms with Gasteiger partial charge in [0.15, 0.2) is 0 Å². The Hall–Kier alpha value is -2.23. The van der Waals surface area contributed by atoms with Gasteiger partial charge >= 0.3 is 6.18 Å². The van der Waals surface area contributed by atoms with Gasteiger partial charge < -0.3 is 4.74 Å². The maximum Gasteiger partial charge on any atom is 0.421 e. The van der Waals surface area contributed by atoms with Gasteiger partial charge in [-0.1, -0.05) is 0 Å². The van der Waals surface area contributed by atoms with Crippen molar-refractivity contribution in [3.05, 3.63) is 35.7 Å². The third-order valence-electron chi connectivity index (χ3n) is 3.62. The van der Waals surface area contributed by atoms with E-state index in [0.29, 0.717) is 5.69 Å². The number of hydrogen-bond acceptors (Lipinski definition) is 4. The van der Waals surface area contributed by atoms with Crippen LogP contribution in [0.3, 0.4) is 0 Å². The summed E-state index contributed by atoms with van der Waals surface area (Å²) >= 11 is 0. The molecule has 3 heterocycles. The normalized spacial score (nSPS) is 17.3. The van der Waals surface area contributed by atoms with Gasteiger partial charge in [0.1, 0.15) is 17.1 Å². The highest BCUT2D eigenvalue weighted by Crippen LogP contribution is 2.36. The molecule has 130 valence electrons. The number of hydrogen-bond donors (Lipinski definition) is 0. The number of methoxy groups -OCH3 is 1. The lowest BCUT2D eigenvalue weighted by Crippen LogP contribution is -2.43. The first-order valence-corrected chi connectivity index (χ1v) is 6.80. The van der Waals surface area contributed by atoms with Gasteiger partial charge in [-0.2, -0.15) is 36.7 Å². The molecule has 2 aromatic rings. The van der Waals surface area contributed by atoms with Gasteiger partial charge in [0.25, 0.3) is 5.91 Å². The number of carbonyl (C=O) groups is 1. The molecule has 24 heavy (non-hydrogen) atoms. The molecule has 1 aliphatic rings. The molecule has 6 nitrogen and oxygen atoms in total. The zero-order chi connectivity index (χ0) is 16.8. The summed E-state index contributed by atoms with van der Waals surface area (Å²) in [6.07, 6.45) is -3.07. The summed E-state index contributed by atoms with van der Waals surface area (Å²) in [4.78, 5) is 17.6. The number of nitrogens with zero attached hydrogens (tertiary/aromatic N) is 4. The molecule has 0 aromatic carbocycles. The molecule has 0 aliphatic carbocycles. The van der Waals surface area contributed by atoms with Crippen LogP contribution in [0.1, 0.15) is 29.0 Å². The monoisotopic (exact) mass is 360 g/mol. The van der Waals surface area contributed by atoms with Gasteiger partial charge in [0, 0.05) is 12.7 Å². The molecule has 0 radical (unpaired) electrons. The van der Waals surface area contributed by atoms with Gasteiger partial charge in [-0.15, -0.1) is 0 Å². The third-order valence-corrected chi connectivity index (χ3v) is 3.62. The van der Waals surface area contributed by atoms with E-state index < -0.39 is 17.6 Å². The van der Waals surface area contributed by atoms with Crippen LogP contribution in [-0.2, 0) is 6.18 Å². The van der Waals surface area contributed by atoms with Crippen molar-refractivity contribution in [2.75, 3.05) is 18.6 Å². The van der Waals surface area contributed by atoms with E-state index in [1.54, 1.807) is 10.7 Å². The second-order valence-corrected chi connectivity index (χ2v) is 5.15. The molecule has 0 spiro atoms. The molecule has 0 bridgehead atoms. The minimum atomic E-state index is -4.57. The van der Waals surface area contributed by atoms with Crippen molar-refractivity contribution in [3.8, 4) is 5.88 Å². The van der Waals surface area contributed by atoms with Gasteiger partial charge in [-0.3, -0.25) is 14.4 Å². The lowest BCUT2D eigenvalue weighted by Gasteiger charge is -2.31. The van der Waals surface area contributed by atoms with E-state index in [1.165, 1.54) is 17.2 Å². The van der Waals surface area contributed by atoms with E-state index in [0.717, 1.165) is 13.2 Å². The van der Waals surface area contributed by atoms with Crippen molar-refractivity contribution in [1.29, 1.82) is 0 Å². The highest BCUT2D eigenvalue weighted by Gasteiger charge is 2.37. The molecular weight excluding hydrogens is 345 g/mol. The number of amides is 1. The van der Waals surface area contributed by atoms with Crippen LogP contribution in [0.2, 0.25) is 0 Å². The standard InChI is InChI=1S/C14H13F3N4O2.H2S/c1-8-7-20(13(22)10-5-6-18-21(8)10)11-4-3-9(14(15,16)17)12(19-11)23-2;/h3-6,8H,7H2,1-2H3;1H2/t8-;/m0./s1. The zero-order valence-corrected chi connectivity index (χ0v) is 13.8. The first kappa shape index (κ1) is 18.1. The molecule has 0 N–H and O–H groups in total. The van der Waals surface area contributed by atoms with Crippen LogP contribution in [0.15, 0.2) is 24.4 Å². The molecule has 10 heteroatoms. The van der Waals surface area contributed by atoms with Crippen LogP contribution in [-0.4, -0.2) is 34.3 Å². The highest BCUT2D eigenvalue weighted by atomic mass is 32.1. The average molecular weight is 360 g/mol.